The Bertz CT molecular complexity index is 1130. The number of aromatic hydroxyl groups is 3. The molecule has 0 aliphatic heterocycles. The van der Waals surface area contributed by atoms with Crippen molar-refractivity contribution >= 4 is 0 Å². The van der Waals surface area contributed by atoms with Crippen LogP contribution in [0, 0.1) is 13.8 Å². The van der Waals surface area contributed by atoms with Gasteiger partial charge in [0, 0.05) is 5.92 Å². The van der Waals surface area contributed by atoms with Crippen LogP contribution in [0.4, 0.5) is 0 Å². The summed E-state index contributed by atoms with van der Waals surface area (Å²) >= 11 is 0. The van der Waals surface area contributed by atoms with Crippen LogP contribution in [0.2, 0.25) is 0 Å². The number of benzene rings is 3. The van der Waals surface area contributed by atoms with Crippen LogP contribution in [0.15, 0.2) is 48.5 Å². The van der Waals surface area contributed by atoms with Crippen LogP contribution in [0.1, 0.15) is 121 Å². The Kier molecular flexibility index (Phi) is 7.27. The molecule has 0 aromatic heterocycles. The number of hydrogen-bond acceptors (Lipinski definition) is 3. The minimum atomic E-state index is -0.150. The molecule has 0 bridgehead atoms. The van der Waals surface area contributed by atoms with Crippen molar-refractivity contribution in [3.63, 3.8) is 0 Å². The monoisotopic (exact) mass is 484 g/mol. The second-order valence-corrected chi connectivity index (χ2v) is 11.2. The lowest BCUT2D eigenvalue weighted by molar-refractivity contribution is 0.413. The van der Waals surface area contributed by atoms with Crippen molar-refractivity contribution in [1.82, 2.24) is 0 Å². The van der Waals surface area contributed by atoms with E-state index in [9.17, 15) is 15.3 Å². The number of hydrogen-bond donors (Lipinski definition) is 3. The normalized spacial score (nSPS) is 17.5. The van der Waals surface area contributed by atoms with Gasteiger partial charge in [-0.2, -0.15) is 0 Å². The van der Waals surface area contributed by atoms with Gasteiger partial charge in [0.1, 0.15) is 17.2 Å². The van der Waals surface area contributed by atoms with Crippen LogP contribution in [0.5, 0.6) is 17.2 Å². The zero-order valence-corrected chi connectivity index (χ0v) is 21.8. The lowest BCUT2D eigenvalue weighted by atomic mass is 9.77. The Hall–Kier alpha value is -2.94. The lowest BCUT2D eigenvalue weighted by Gasteiger charge is -2.28. The Morgan fingerprint density at radius 2 is 1.00 bits per heavy atom. The summed E-state index contributed by atoms with van der Waals surface area (Å²) in [4.78, 5) is 0. The highest BCUT2D eigenvalue weighted by atomic mass is 16.3. The molecular weight excluding hydrogens is 444 g/mol. The van der Waals surface area contributed by atoms with E-state index in [0.717, 1.165) is 64.6 Å². The minimum absolute atomic E-state index is 0.150. The van der Waals surface area contributed by atoms with Crippen molar-refractivity contribution in [2.45, 2.75) is 95.8 Å². The van der Waals surface area contributed by atoms with Gasteiger partial charge in [-0.15, -0.1) is 0 Å². The van der Waals surface area contributed by atoms with Crippen LogP contribution in [0.3, 0.4) is 0 Å². The quantitative estimate of drug-likeness (QED) is 0.317. The number of phenols is 3. The van der Waals surface area contributed by atoms with Crippen molar-refractivity contribution in [1.29, 1.82) is 0 Å². The molecule has 36 heavy (non-hydrogen) atoms. The van der Waals surface area contributed by atoms with E-state index < -0.39 is 0 Å². The molecule has 0 radical (unpaired) electrons. The predicted molar refractivity (Wildman–Crippen MR) is 146 cm³/mol. The molecule has 2 fully saturated rings. The maximum Gasteiger partial charge on any atom is 0.119 e. The van der Waals surface area contributed by atoms with Crippen molar-refractivity contribution in [2.24, 2.45) is 0 Å². The van der Waals surface area contributed by atoms with Gasteiger partial charge in [-0.05, 0) is 115 Å². The van der Waals surface area contributed by atoms with Gasteiger partial charge in [-0.25, -0.2) is 0 Å². The van der Waals surface area contributed by atoms with E-state index in [2.05, 4.69) is 26.0 Å². The summed E-state index contributed by atoms with van der Waals surface area (Å²) in [5.74, 6) is 1.71. The van der Waals surface area contributed by atoms with Crippen molar-refractivity contribution in [3.8, 4) is 17.2 Å². The molecule has 3 N–H and O–H groups in total. The zero-order valence-electron chi connectivity index (χ0n) is 21.8. The molecule has 0 amide bonds. The molecule has 2 saturated carbocycles. The summed E-state index contributed by atoms with van der Waals surface area (Å²) in [7, 11) is 0. The second-order valence-electron chi connectivity index (χ2n) is 11.2. The Labute approximate surface area is 215 Å². The van der Waals surface area contributed by atoms with Crippen LogP contribution < -0.4 is 0 Å². The molecule has 0 atom stereocenters. The molecule has 3 heteroatoms. The number of phenolic OH excluding ortho intramolecular Hbond substituents is 3. The fourth-order valence-electron chi connectivity index (χ4n) is 6.77. The van der Waals surface area contributed by atoms with Gasteiger partial charge in [-0.1, -0.05) is 62.8 Å². The molecular formula is C33H40O3. The van der Waals surface area contributed by atoms with Crippen LogP contribution >= 0.6 is 0 Å². The highest BCUT2D eigenvalue weighted by Crippen LogP contribution is 2.45. The van der Waals surface area contributed by atoms with Gasteiger partial charge in [-0.3, -0.25) is 0 Å². The first-order valence-electron chi connectivity index (χ1n) is 13.9. The molecule has 0 spiro atoms. The van der Waals surface area contributed by atoms with Crippen molar-refractivity contribution < 1.29 is 15.3 Å². The van der Waals surface area contributed by atoms with Gasteiger partial charge >= 0.3 is 0 Å². The standard InChI is InChI=1S/C33H40O3/c1-21-17-29(23-9-5-3-6-10-23)31(35)19-27(21)33(25-13-15-26(34)16-14-25)28-20-32(36)30(18-22(28)2)24-11-7-4-8-12-24/h13-20,23-24,33-36H,3-12H2,1-2H3. The van der Waals surface area contributed by atoms with Gasteiger partial charge in [0.15, 0.2) is 0 Å². The summed E-state index contributed by atoms with van der Waals surface area (Å²) in [5, 5.41) is 32.4. The third-order valence-electron chi connectivity index (χ3n) is 8.77. The molecule has 190 valence electrons. The zero-order chi connectivity index (χ0) is 25.2. The van der Waals surface area contributed by atoms with Crippen LogP contribution in [-0.4, -0.2) is 15.3 Å². The number of aryl methyl sites for hydroxylation is 2. The maximum absolute atomic E-state index is 11.2. The van der Waals surface area contributed by atoms with Gasteiger partial charge in [0.25, 0.3) is 0 Å². The Balaban J connectivity index is 1.60. The first-order valence-corrected chi connectivity index (χ1v) is 13.9. The summed E-state index contributed by atoms with van der Waals surface area (Å²) in [6.45, 7) is 4.28. The van der Waals surface area contributed by atoms with E-state index in [1.807, 2.05) is 24.3 Å². The molecule has 0 unspecified atom stereocenters. The Morgan fingerprint density at radius 1 is 0.583 bits per heavy atom. The summed E-state index contributed by atoms with van der Waals surface area (Å²) in [6.07, 6.45) is 12.1. The van der Waals surface area contributed by atoms with E-state index >= 15 is 0 Å². The molecule has 0 saturated heterocycles. The Morgan fingerprint density at radius 3 is 1.42 bits per heavy atom. The van der Waals surface area contributed by atoms with Crippen molar-refractivity contribution in [3.05, 3.63) is 87.5 Å². The molecule has 3 nitrogen and oxygen atoms in total. The maximum atomic E-state index is 11.2. The van der Waals surface area contributed by atoms with E-state index in [-0.39, 0.29) is 11.7 Å². The van der Waals surface area contributed by atoms with E-state index in [4.69, 9.17) is 0 Å². The third kappa shape index (κ3) is 4.98. The second kappa shape index (κ2) is 10.6. The summed E-state index contributed by atoms with van der Waals surface area (Å²) in [6, 6.07) is 15.7. The van der Waals surface area contributed by atoms with Gasteiger partial charge < -0.3 is 15.3 Å². The van der Waals surface area contributed by atoms with E-state index in [1.54, 1.807) is 12.1 Å². The minimum Gasteiger partial charge on any atom is -0.508 e. The van der Waals surface area contributed by atoms with E-state index in [0.29, 0.717) is 23.3 Å². The van der Waals surface area contributed by atoms with Gasteiger partial charge in [0.05, 0.1) is 0 Å². The summed E-state index contributed by atoms with van der Waals surface area (Å²) in [5.41, 5.74) is 7.59. The predicted octanol–water partition coefficient (Wildman–Crippen LogP) is 8.70. The molecule has 2 aliphatic rings. The van der Waals surface area contributed by atoms with Crippen molar-refractivity contribution in [2.75, 3.05) is 0 Å². The highest BCUT2D eigenvalue weighted by Gasteiger charge is 2.27. The fourth-order valence-corrected chi connectivity index (χ4v) is 6.77. The highest BCUT2D eigenvalue weighted by molar-refractivity contribution is 5.56. The van der Waals surface area contributed by atoms with Crippen LogP contribution in [-0.2, 0) is 0 Å². The fraction of sp³-hybridized carbons (Fsp3) is 0.455. The SMILES string of the molecule is Cc1cc(C2CCCCC2)c(O)cc1C(c1ccc(O)cc1)c1cc(O)c(C2CCCCC2)cc1C. The van der Waals surface area contributed by atoms with Gasteiger partial charge in [0.2, 0.25) is 0 Å². The molecule has 3 aromatic carbocycles. The molecule has 5 rings (SSSR count). The largest absolute Gasteiger partial charge is 0.508 e. The summed E-state index contributed by atoms with van der Waals surface area (Å²) < 4.78 is 0. The van der Waals surface area contributed by atoms with E-state index in [1.165, 1.54) is 38.5 Å². The smallest absolute Gasteiger partial charge is 0.119 e. The first kappa shape index (κ1) is 24.7. The molecule has 2 aliphatic carbocycles. The third-order valence-corrected chi connectivity index (χ3v) is 8.77. The number of rotatable bonds is 5. The topological polar surface area (TPSA) is 60.7 Å². The molecule has 3 aromatic rings. The first-order chi connectivity index (χ1) is 17.4. The average molecular weight is 485 g/mol. The average Bonchev–Trinajstić information content (AvgIpc) is 2.90. The van der Waals surface area contributed by atoms with Crippen LogP contribution in [0.25, 0.3) is 0 Å². The molecule has 0 heterocycles. The lowest BCUT2D eigenvalue weighted by Crippen LogP contribution is -2.11.